The molecular formula is C23H32N6O2. The van der Waals surface area contributed by atoms with E-state index in [9.17, 15) is 4.79 Å². The fourth-order valence-corrected chi connectivity index (χ4v) is 5.00. The van der Waals surface area contributed by atoms with E-state index in [4.69, 9.17) is 4.74 Å². The van der Waals surface area contributed by atoms with Gasteiger partial charge < -0.3 is 9.64 Å². The van der Waals surface area contributed by atoms with Crippen molar-refractivity contribution in [3.63, 3.8) is 0 Å². The summed E-state index contributed by atoms with van der Waals surface area (Å²) in [5.41, 5.74) is 3.41. The zero-order valence-electron chi connectivity index (χ0n) is 18.2. The van der Waals surface area contributed by atoms with E-state index < -0.39 is 0 Å². The molecule has 0 spiro atoms. The number of hydrogen-bond acceptors (Lipinski definition) is 6. The summed E-state index contributed by atoms with van der Waals surface area (Å²) in [5.74, 6) is 0.0139. The van der Waals surface area contributed by atoms with Crippen molar-refractivity contribution in [3.05, 3.63) is 47.3 Å². The lowest BCUT2D eigenvalue weighted by atomic mass is 9.95. The first-order valence-electron chi connectivity index (χ1n) is 11.6. The molecule has 1 amide bonds. The minimum atomic E-state index is 0.0139. The number of fused-ring (bicyclic) bond motifs is 1. The zero-order chi connectivity index (χ0) is 21.0. The highest BCUT2D eigenvalue weighted by Crippen LogP contribution is 2.25. The Morgan fingerprint density at radius 1 is 1.00 bits per heavy atom. The van der Waals surface area contributed by atoms with Gasteiger partial charge in [-0.15, -0.1) is 5.10 Å². The fourth-order valence-electron chi connectivity index (χ4n) is 5.00. The van der Waals surface area contributed by atoms with Crippen LogP contribution in [-0.2, 0) is 24.2 Å². The number of benzene rings is 1. The Morgan fingerprint density at radius 3 is 2.58 bits per heavy atom. The van der Waals surface area contributed by atoms with Gasteiger partial charge in [-0.2, -0.15) is 0 Å². The van der Waals surface area contributed by atoms with Crippen molar-refractivity contribution in [3.8, 4) is 0 Å². The second-order valence-corrected chi connectivity index (χ2v) is 8.83. The first-order valence-corrected chi connectivity index (χ1v) is 11.6. The van der Waals surface area contributed by atoms with Gasteiger partial charge >= 0.3 is 0 Å². The van der Waals surface area contributed by atoms with E-state index in [1.165, 1.54) is 11.1 Å². The van der Waals surface area contributed by atoms with Gasteiger partial charge in [0.15, 0.2) is 5.69 Å². The Hall–Kier alpha value is -2.29. The summed E-state index contributed by atoms with van der Waals surface area (Å²) in [6, 6.07) is 9.33. The van der Waals surface area contributed by atoms with Crippen LogP contribution >= 0.6 is 0 Å². The van der Waals surface area contributed by atoms with Crippen molar-refractivity contribution < 1.29 is 9.53 Å². The van der Waals surface area contributed by atoms with Gasteiger partial charge in [-0.3, -0.25) is 19.3 Å². The standard InChI is InChI=1S/C23H32N6O2/c30-23(22-18-29(25-24-22)12-11-26-13-15-31-16-14-26)27-9-6-21(7-10-27)28-8-5-19-3-1-2-4-20(19)17-28/h1-4,18,21H,5-17H2. The number of carbonyl (C=O) groups excluding carboxylic acids is 1. The smallest absolute Gasteiger partial charge is 0.276 e. The average molecular weight is 425 g/mol. The molecule has 4 heterocycles. The summed E-state index contributed by atoms with van der Waals surface area (Å²) in [5, 5.41) is 8.34. The predicted molar refractivity (Wildman–Crippen MR) is 117 cm³/mol. The van der Waals surface area contributed by atoms with Gasteiger partial charge in [-0.25, -0.2) is 0 Å². The third-order valence-electron chi connectivity index (χ3n) is 6.94. The maximum Gasteiger partial charge on any atom is 0.276 e. The highest BCUT2D eigenvalue weighted by Gasteiger charge is 2.30. The minimum Gasteiger partial charge on any atom is -0.379 e. The number of morpholine rings is 1. The van der Waals surface area contributed by atoms with E-state index in [2.05, 4.69) is 44.4 Å². The number of nitrogens with zero attached hydrogens (tertiary/aromatic N) is 6. The van der Waals surface area contributed by atoms with E-state index in [1.807, 2.05) is 4.90 Å². The van der Waals surface area contributed by atoms with E-state index >= 15 is 0 Å². The minimum absolute atomic E-state index is 0.0139. The molecule has 0 saturated carbocycles. The molecule has 2 aromatic rings. The number of amides is 1. The molecule has 0 bridgehead atoms. The summed E-state index contributed by atoms with van der Waals surface area (Å²) < 4.78 is 7.18. The van der Waals surface area contributed by atoms with Crippen molar-refractivity contribution in [2.45, 2.75) is 38.4 Å². The van der Waals surface area contributed by atoms with Crippen LogP contribution in [0.3, 0.4) is 0 Å². The molecule has 1 aromatic heterocycles. The Balaban J connectivity index is 1.11. The summed E-state index contributed by atoms with van der Waals surface area (Å²) in [7, 11) is 0. The van der Waals surface area contributed by atoms with Crippen molar-refractivity contribution >= 4 is 5.91 Å². The summed E-state index contributed by atoms with van der Waals surface area (Å²) in [6.07, 6.45) is 4.98. The fraction of sp³-hybridized carbons (Fsp3) is 0.609. The summed E-state index contributed by atoms with van der Waals surface area (Å²) in [6.45, 7) is 8.89. The maximum absolute atomic E-state index is 12.9. The van der Waals surface area contributed by atoms with E-state index in [0.717, 1.165) is 84.8 Å². The Labute approximate surface area is 183 Å². The molecular weight excluding hydrogens is 392 g/mol. The van der Waals surface area contributed by atoms with Crippen LogP contribution in [0.5, 0.6) is 0 Å². The highest BCUT2D eigenvalue weighted by atomic mass is 16.5. The molecule has 2 fully saturated rings. The highest BCUT2D eigenvalue weighted by molar-refractivity contribution is 5.92. The topological polar surface area (TPSA) is 66.7 Å². The molecule has 0 aliphatic carbocycles. The lowest BCUT2D eigenvalue weighted by Gasteiger charge is -2.40. The van der Waals surface area contributed by atoms with Crippen LogP contribution < -0.4 is 0 Å². The molecule has 5 rings (SSSR count). The van der Waals surface area contributed by atoms with Gasteiger partial charge in [0.1, 0.15) is 0 Å². The van der Waals surface area contributed by atoms with Crippen LogP contribution in [0, 0.1) is 0 Å². The molecule has 0 N–H and O–H groups in total. The van der Waals surface area contributed by atoms with Crippen LogP contribution in [0.2, 0.25) is 0 Å². The number of piperidine rings is 1. The monoisotopic (exact) mass is 424 g/mol. The number of ether oxygens (including phenoxy) is 1. The molecule has 0 atom stereocenters. The van der Waals surface area contributed by atoms with Crippen LogP contribution in [0.4, 0.5) is 0 Å². The lowest BCUT2D eigenvalue weighted by molar-refractivity contribution is 0.0359. The summed E-state index contributed by atoms with van der Waals surface area (Å²) in [4.78, 5) is 19.8. The molecule has 2 saturated heterocycles. The molecule has 3 aliphatic rings. The molecule has 1 aromatic carbocycles. The van der Waals surface area contributed by atoms with Gasteiger partial charge in [-0.1, -0.05) is 29.5 Å². The Kier molecular flexibility index (Phi) is 6.29. The third kappa shape index (κ3) is 4.81. The largest absolute Gasteiger partial charge is 0.379 e. The SMILES string of the molecule is O=C(c1cn(CCN2CCOCC2)nn1)N1CCC(N2CCc3ccccc3C2)CC1. The zero-order valence-corrected chi connectivity index (χ0v) is 18.2. The number of rotatable bonds is 5. The van der Waals surface area contributed by atoms with Crippen molar-refractivity contribution in [1.82, 2.24) is 29.7 Å². The van der Waals surface area contributed by atoms with E-state index in [-0.39, 0.29) is 5.91 Å². The van der Waals surface area contributed by atoms with Crippen LogP contribution in [0.1, 0.15) is 34.5 Å². The second kappa shape index (κ2) is 9.46. The molecule has 3 aliphatic heterocycles. The van der Waals surface area contributed by atoms with Crippen LogP contribution in [0.25, 0.3) is 0 Å². The molecule has 31 heavy (non-hydrogen) atoms. The Morgan fingerprint density at radius 2 is 1.77 bits per heavy atom. The first-order chi connectivity index (χ1) is 15.3. The Bertz CT molecular complexity index is 886. The van der Waals surface area contributed by atoms with Crippen LogP contribution in [-0.4, -0.2) is 94.1 Å². The van der Waals surface area contributed by atoms with Gasteiger partial charge in [0, 0.05) is 51.9 Å². The lowest BCUT2D eigenvalue weighted by Crippen LogP contribution is -2.48. The molecule has 8 nitrogen and oxygen atoms in total. The van der Waals surface area contributed by atoms with Crippen molar-refractivity contribution in [1.29, 1.82) is 0 Å². The van der Waals surface area contributed by atoms with Gasteiger partial charge in [0.05, 0.1) is 26.0 Å². The average Bonchev–Trinajstić information content (AvgIpc) is 3.32. The molecule has 0 radical (unpaired) electrons. The van der Waals surface area contributed by atoms with Crippen molar-refractivity contribution in [2.24, 2.45) is 0 Å². The number of carbonyl (C=O) groups is 1. The molecule has 0 unspecified atom stereocenters. The summed E-state index contributed by atoms with van der Waals surface area (Å²) >= 11 is 0. The van der Waals surface area contributed by atoms with Crippen LogP contribution in [0.15, 0.2) is 30.5 Å². The first kappa shape index (κ1) is 20.6. The number of hydrogen-bond donors (Lipinski definition) is 0. The van der Waals surface area contributed by atoms with Gasteiger partial charge in [-0.05, 0) is 30.4 Å². The molecule has 8 heteroatoms. The predicted octanol–water partition coefficient (Wildman–Crippen LogP) is 1.27. The second-order valence-electron chi connectivity index (χ2n) is 8.83. The van der Waals surface area contributed by atoms with Gasteiger partial charge in [0.2, 0.25) is 0 Å². The normalized spacial score (nSPS) is 21.2. The van der Waals surface area contributed by atoms with E-state index in [1.54, 1.807) is 10.9 Å². The quantitative estimate of drug-likeness (QED) is 0.720. The third-order valence-corrected chi connectivity index (χ3v) is 6.94. The van der Waals surface area contributed by atoms with E-state index in [0.29, 0.717) is 11.7 Å². The number of likely N-dealkylation sites (tertiary alicyclic amines) is 1. The van der Waals surface area contributed by atoms with Gasteiger partial charge in [0.25, 0.3) is 5.91 Å². The molecule has 166 valence electrons. The number of aromatic nitrogens is 3. The maximum atomic E-state index is 12.9. The van der Waals surface area contributed by atoms with Crippen molar-refractivity contribution in [2.75, 3.05) is 52.5 Å².